The normalized spacial score (nSPS) is 11.3. The van der Waals surface area contributed by atoms with Crippen LogP contribution in [0.25, 0.3) is 21.8 Å². The van der Waals surface area contributed by atoms with Crippen LogP contribution in [0, 0.1) is 17.7 Å². The number of carbonyl (C=O) groups is 1. The number of hydrogen-bond donors (Lipinski definition) is 1. The van der Waals surface area contributed by atoms with Crippen LogP contribution in [0.1, 0.15) is 15.9 Å². The monoisotopic (exact) mass is 369 g/mol. The topological polar surface area (TPSA) is 48.0 Å². The number of benzene rings is 3. The average molecular weight is 370 g/mol. The van der Waals surface area contributed by atoms with Gasteiger partial charge in [0.2, 0.25) is 5.91 Å². The molecule has 0 aliphatic carbocycles. The minimum Gasteiger partial charge on any atom is -0.366 e. The third kappa shape index (κ3) is 2.52. The molecule has 1 aromatic heterocycles. The molecule has 6 heteroatoms. The number of aromatic nitrogens is 1. The molecule has 1 heterocycles. The SMILES string of the molecule is NC(=O)c1cccc2c1c1[c]c(F)ccc1n2Cc1c(F)cccc1Cl. The third-order valence-electron chi connectivity index (χ3n) is 4.41. The Morgan fingerprint density at radius 2 is 1.85 bits per heavy atom. The minimum atomic E-state index is -0.628. The maximum Gasteiger partial charge on any atom is 0.249 e. The van der Waals surface area contributed by atoms with E-state index in [1.165, 1.54) is 18.2 Å². The lowest BCUT2D eigenvalue weighted by Gasteiger charge is -2.10. The maximum atomic E-state index is 14.3. The highest BCUT2D eigenvalue weighted by atomic mass is 35.5. The fraction of sp³-hybridized carbons (Fsp3) is 0.0500. The molecule has 0 aliphatic heterocycles. The summed E-state index contributed by atoms with van der Waals surface area (Å²) >= 11 is 6.16. The van der Waals surface area contributed by atoms with Crippen molar-refractivity contribution in [3.05, 3.63) is 82.4 Å². The summed E-state index contributed by atoms with van der Waals surface area (Å²) in [6.45, 7) is 0.118. The molecule has 0 spiro atoms. The van der Waals surface area contributed by atoms with Crippen molar-refractivity contribution in [3.63, 3.8) is 0 Å². The van der Waals surface area contributed by atoms with Crippen LogP contribution in [0.15, 0.2) is 48.5 Å². The number of nitrogens with two attached hydrogens (primary N) is 1. The van der Waals surface area contributed by atoms with E-state index in [0.29, 0.717) is 27.4 Å². The highest BCUT2D eigenvalue weighted by Crippen LogP contribution is 2.33. The fourth-order valence-corrected chi connectivity index (χ4v) is 3.47. The summed E-state index contributed by atoms with van der Waals surface area (Å²) in [5, 5.41) is 1.20. The number of hydrogen-bond acceptors (Lipinski definition) is 1. The summed E-state index contributed by atoms with van der Waals surface area (Å²) in [6, 6.07) is 15.0. The lowest BCUT2D eigenvalue weighted by atomic mass is 10.1. The van der Waals surface area contributed by atoms with E-state index in [2.05, 4.69) is 6.07 Å². The number of rotatable bonds is 3. The van der Waals surface area contributed by atoms with Crippen LogP contribution in [0.4, 0.5) is 8.78 Å². The number of carbonyl (C=O) groups excluding carboxylic acids is 1. The molecule has 2 N–H and O–H groups in total. The Balaban J connectivity index is 2.08. The van der Waals surface area contributed by atoms with Gasteiger partial charge in [0.05, 0.1) is 17.6 Å². The summed E-state index contributed by atoms with van der Waals surface area (Å²) in [4.78, 5) is 11.8. The smallest absolute Gasteiger partial charge is 0.249 e. The molecule has 0 saturated heterocycles. The second-order valence-electron chi connectivity index (χ2n) is 5.92. The van der Waals surface area contributed by atoms with E-state index in [0.717, 1.165) is 0 Å². The highest BCUT2D eigenvalue weighted by molar-refractivity contribution is 6.31. The van der Waals surface area contributed by atoms with Crippen LogP contribution in [0.5, 0.6) is 0 Å². The van der Waals surface area contributed by atoms with E-state index < -0.39 is 17.5 Å². The first kappa shape index (κ1) is 16.5. The molecule has 0 bridgehead atoms. The van der Waals surface area contributed by atoms with Gasteiger partial charge in [0.15, 0.2) is 0 Å². The van der Waals surface area contributed by atoms with Crippen molar-refractivity contribution >= 4 is 39.3 Å². The highest BCUT2D eigenvalue weighted by Gasteiger charge is 2.18. The van der Waals surface area contributed by atoms with Gasteiger partial charge in [-0.25, -0.2) is 8.78 Å². The second-order valence-corrected chi connectivity index (χ2v) is 6.32. The molecule has 3 aromatic carbocycles. The Morgan fingerprint density at radius 3 is 2.58 bits per heavy atom. The predicted octanol–water partition coefficient (Wildman–Crippen LogP) is 4.67. The minimum absolute atomic E-state index is 0.118. The van der Waals surface area contributed by atoms with Crippen LogP contribution >= 0.6 is 11.6 Å². The van der Waals surface area contributed by atoms with Crippen molar-refractivity contribution in [2.45, 2.75) is 6.54 Å². The molecular formula is C20H12ClF2N2O. The summed E-state index contributed by atoms with van der Waals surface area (Å²) in [5.74, 6) is -1.62. The van der Waals surface area contributed by atoms with Crippen molar-refractivity contribution in [1.29, 1.82) is 0 Å². The first-order valence-electron chi connectivity index (χ1n) is 7.83. The molecule has 0 aliphatic rings. The Kier molecular flexibility index (Phi) is 3.89. The lowest BCUT2D eigenvalue weighted by molar-refractivity contribution is 0.100. The van der Waals surface area contributed by atoms with Crippen LogP contribution in [-0.2, 0) is 6.54 Å². The Hall–Kier alpha value is -2.92. The van der Waals surface area contributed by atoms with E-state index in [-0.39, 0.29) is 17.1 Å². The summed E-state index contributed by atoms with van der Waals surface area (Å²) in [6.07, 6.45) is 0. The van der Waals surface area contributed by atoms with Gasteiger partial charge in [-0.3, -0.25) is 4.79 Å². The molecule has 4 rings (SSSR count). The molecule has 4 aromatic rings. The fourth-order valence-electron chi connectivity index (χ4n) is 3.25. The second kappa shape index (κ2) is 6.11. The standard InChI is InChI=1S/C20H12ClF2N2O/c21-15-4-2-5-16(23)14(15)10-25-17-8-7-11(22)9-13(17)19-12(20(24)26)3-1-6-18(19)25/h1-8H,10H2,(H2,24,26). The van der Waals surface area contributed by atoms with E-state index in [4.69, 9.17) is 17.3 Å². The van der Waals surface area contributed by atoms with Crippen LogP contribution in [-0.4, -0.2) is 10.5 Å². The van der Waals surface area contributed by atoms with Gasteiger partial charge in [-0.15, -0.1) is 0 Å². The van der Waals surface area contributed by atoms with Crippen LogP contribution in [0.2, 0.25) is 5.02 Å². The molecule has 3 nitrogen and oxygen atoms in total. The van der Waals surface area contributed by atoms with E-state index in [1.807, 2.05) is 0 Å². The zero-order chi connectivity index (χ0) is 18.4. The van der Waals surface area contributed by atoms with Crippen molar-refractivity contribution < 1.29 is 13.6 Å². The average Bonchev–Trinajstić information content (AvgIpc) is 2.91. The largest absolute Gasteiger partial charge is 0.366 e. The van der Waals surface area contributed by atoms with E-state index in [1.54, 1.807) is 34.9 Å². The number of fused-ring (bicyclic) bond motifs is 3. The first-order valence-corrected chi connectivity index (χ1v) is 8.20. The quantitative estimate of drug-likeness (QED) is 0.560. The molecule has 26 heavy (non-hydrogen) atoms. The Morgan fingerprint density at radius 1 is 1.08 bits per heavy atom. The van der Waals surface area contributed by atoms with Crippen molar-refractivity contribution in [3.8, 4) is 0 Å². The van der Waals surface area contributed by atoms with Gasteiger partial charge in [-0.2, -0.15) is 0 Å². The van der Waals surface area contributed by atoms with E-state index >= 15 is 0 Å². The van der Waals surface area contributed by atoms with Crippen molar-refractivity contribution in [2.24, 2.45) is 5.73 Å². The summed E-state index contributed by atoms with van der Waals surface area (Å²) in [7, 11) is 0. The van der Waals surface area contributed by atoms with Gasteiger partial charge >= 0.3 is 0 Å². The molecule has 0 saturated carbocycles. The zero-order valence-corrected chi connectivity index (χ0v) is 14.1. The molecule has 1 amide bonds. The Bertz CT molecular complexity index is 1160. The first-order chi connectivity index (χ1) is 12.5. The molecule has 0 unspecified atom stereocenters. The Labute approximate surface area is 152 Å². The van der Waals surface area contributed by atoms with Crippen molar-refractivity contribution in [2.75, 3.05) is 0 Å². The lowest BCUT2D eigenvalue weighted by Crippen LogP contribution is -2.11. The number of amides is 1. The van der Waals surface area contributed by atoms with Gasteiger partial charge < -0.3 is 10.3 Å². The third-order valence-corrected chi connectivity index (χ3v) is 4.76. The maximum absolute atomic E-state index is 14.3. The van der Waals surface area contributed by atoms with Gasteiger partial charge in [0.1, 0.15) is 11.6 Å². The van der Waals surface area contributed by atoms with Crippen LogP contribution < -0.4 is 5.73 Å². The van der Waals surface area contributed by atoms with Crippen molar-refractivity contribution in [1.82, 2.24) is 4.57 Å². The summed E-state index contributed by atoms with van der Waals surface area (Å²) < 4.78 is 29.8. The molecule has 0 fully saturated rings. The number of halogens is 3. The summed E-state index contributed by atoms with van der Waals surface area (Å²) in [5.41, 5.74) is 7.28. The predicted molar refractivity (Wildman–Crippen MR) is 97.3 cm³/mol. The van der Waals surface area contributed by atoms with E-state index in [9.17, 15) is 13.6 Å². The molecule has 1 radical (unpaired) electrons. The molecule has 0 atom stereocenters. The van der Waals surface area contributed by atoms with Gasteiger partial charge in [-0.1, -0.05) is 23.7 Å². The van der Waals surface area contributed by atoms with Crippen LogP contribution in [0.3, 0.4) is 0 Å². The number of nitrogens with zero attached hydrogens (tertiary/aromatic N) is 1. The number of primary amides is 1. The van der Waals surface area contributed by atoms with Gasteiger partial charge in [0, 0.05) is 33.0 Å². The van der Waals surface area contributed by atoms with Gasteiger partial charge in [0.25, 0.3) is 0 Å². The molecule has 129 valence electrons. The molecular weight excluding hydrogens is 358 g/mol. The zero-order valence-electron chi connectivity index (χ0n) is 13.4. The van der Waals surface area contributed by atoms with Gasteiger partial charge in [-0.05, 0) is 36.4 Å².